The molecule has 0 unspecified atom stereocenters. The summed E-state index contributed by atoms with van der Waals surface area (Å²) in [5.74, 6) is 1.06. The Morgan fingerprint density at radius 1 is 1.32 bits per heavy atom. The summed E-state index contributed by atoms with van der Waals surface area (Å²) >= 11 is 1.61. The monoisotopic (exact) mass is 317 g/mol. The lowest BCUT2D eigenvalue weighted by atomic mass is 9.80. The van der Waals surface area contributed by atoms with Crippen LogP contribution >= 0.6 is 11.3 Å². The second-order valence-electron chi connectivity index (χ2n) is 6.30. The number of nitrogens with one attached hydrogen (secondary N) is 1. The summed E-state index contributed by atoms with van der Waals surface area (Å²) in [6, 6.07) is 6.52. The van der Waals surface area contributed by atoms with Crippen molar-refractivity contribution < 1.29 is 9.53 Å². The molecule has 1 heterocycles. The largest absolute Gasteiger partial charge is 0.488 e. The number of aromatic nitrogens is 1. The summed E-state index contributed by atoms with van der Waals surface area (Å²) in [5, 5.41) is 3.07. The van der Waals surface area contributed by atoms with E-state index in [0.717, 1.165) is 41.6 Å². The maximum Gasteiger partial charge on any atom is 0.223 e. The molecule has 0 atom stereocenters. The van der Waals surface area contributed by atoms with Crippen molar-refractivity contribution in [2.45, 2.75) is 43.9 Å². The van der Waals surface area contributed by atoms with Crippen LogP contribution in [0.1, 0.15) is 25.7 Å². The minimum Gasteiger partial charge on any atom is -0.488 e. The Morgan fingerprint density at radius 2 is 2.14 bits per heavy atom. The van der Waals surface area contributed by atoms with Gasteiger partial charge in [0.05, 0.1) is 10.2 Å². The minimum atomic E-state index is 0.0801. The Bertz CT molecular complexity index is 690. The summed E-state index contributed by atoms with van der Waals surface area (Å²) in [4.78, 5) is 16.4. The first-order chi connectivity index (χ1) is 10.7. The van der Waals surface area contributed by atoms with E-state index < -0.39 is 0 Å². The number of nitrogens with two attached hydrogens (primary N) is 1. The van der Waals surface area contributed by atoms with Gasteiger partial charge in [-0.2, -0.15) is 0 Å². The second-order valence-corrected chi connectivity index (χ2v) is 7.19. The average Bonchev–Trinajstić information content (AvgIpc) is 2.89. The number of para-hydroxylation sites is 1. The Balaban J connectivity index is 1.30. The Morgan fingerprint density at radius 3 is 2.91 bits per heavy atom. The fourth-order valence-corrected chi connectivity index (χ4v) is 3.80. The van der Waals surface area contributed by atoms with Crippen LogP contribution in [0.15, 0.2) is 23.7 Å². The SMILES string of the molecule is NC1CC(NC(=O)C2CC(Oc3cccc4scnc34)C2)C1. The van der Waals surface area contributed by atoms with Crippen molar-refractivity contribution in [1.29, 1.82) is 0 Å². The fraction of sp³-hybridized carbons (Fsp3) is 0.500. The molecule has 116 valence electrons. The van der Waals surface area contributed by atoms with Crippen LogP contribution in [0.4, 0.5) is 0 Å². The first kappa shape index (κ1) is 14.0. The van der Waals surface area contributed by atoms with Crippen molar-refractivity contribution in [2.24, 2.45) is 11.7 Å². The normalized spacial score (nSPS) is 30.4. The van der Waals surface area contributed by atoms with E-state index in [2.05, 4.69) is 10.3 Å². The number of hydrogen-bond donors (Lipinski definition) is 2. The van der Waals surface area contributed by atoms with Crippen molar-refractivity contribution in [1.82, 2.24) is 10.3 Å². The molecule has 2 fully saturated rings. The van der Waals surface area contributed by atoms with Gasteiger partial charge >= 0.3 is 0 Å². The number of benzene rings is 1. The maximum atomic E-state index is 12.1. The summed E-state index contributed by atoms with van der Waals surface area (Å²) in [6.07, 6.45) is 3.50. The van der Waals surface area contributed by atoms with Crippen LogP contribution in [0.25, 0.3) is 10.2 Å². The molecule has 2 aliphatic rings. The molecule has 6 heteroatoms. The highest BCUT2D eigenvalue weighted by Gasteiger charge is 2.38. The topological polar surface area (TPSA) is 77.2 Å². The van der Waals surface area contributed by atoms with Gasteiger partial charge in [-0.3, -0.25) is 4.79 Å². The van der Waals surface area contributed by atoms with Crippen LogP contribution < -0.4 is 15.8 Å². The van der Waals surface area contributed by atoms with Crippen molar-refractivity contribution in [3.05, 3.63) is 23.7 Å². The lowest BCUT2D eigenvalue weighted by molar-refractivity contribution is -0.132. The van der Waals surface area contributed by atoms with E-state index in [4.69, 9.17) is 10.5 Å². The molecule has 0 radical (unpaired) electrons. The van der Waals surface area contributed by atoms with Gasteiger partial charge in [-0.1, -0.05) is 6.07 Å². The van der Waals surface area contributed by atoms with Gasteiger partial charge in [0.25, 0.3) is 0 Å². The van der Waals surface area contributed by atoms with Crippen molar-refractivity contribution in [3.8, 4) is 5.75 Å². The predicted molar refractivity (Wildman–Crippen MR) is 85.9 cm³/mol. The number of hydrogen-bond acceptors (Lipinski definition) is 5. The van der Waals surface area contributed by atoms with Crippen LogP contribution in [0.5, 0.6) is 5.75 Å². The Hall–Kier alpha value is -1.66. The van der Waals surface area contributed by atoms with Gasteiger partial charge in [-0.15, -0.1) is 11.3 Å². The molecule has 22 heavy (non-hydrogen) atoms. The molecule has 0 bridgehead atoms. The van der Waals surface area contributed by atoms with Crippen molar-refractivity contribution >= 4 is 27.5 Å². The quantitative estimate of drug-likeness (QED) is 0.905. The van der Waals surface area contributed by atoms with Gasteiger partial charge in [0.1, 0.15) is 17.4 Å². The summed E-state index contributed by atoms with van der Waals surface area (Å²) in [7, 11) is 0. The molecule has 0 saturated heterocycles. The lowest BCUT2D eigenvalue weighted by Crippen LogP contribution is -2.53. The number of ether oxygens (including phenoxy) is 1. The van der Waals surface area contributed by atoms with Crippen LogP contribution in [0.3, 0.4) is 0 Å². The van der Waals surface area contributed by atoms with Gasteiger partial charge in [0.2, 0.25) is 5.91 Å². The zero-order chi connectivity index (χ0) is 15.1. The molecule has 1 aromatic heterocycles. The first-order valence-electron chi connectivity index (χ1n) is 7.74. The summed E-state index contributed by atoms with van der Waals surface area (Å²) in [6.45, 7) is 0. The molecular weight excluding hydrogens is 298 g/mol. The van der Waals surface area contributed by atoms with E-state index in [1.807, 2.05) is 23.7 Å². The Kier molecular flexibility index (Phi) is 3.50. The third kappa shape index (κ3) is 2.57. The standard InChI is InChI=1S/C16H19N3O2S/c17-10-6-11(7-10)19-16(20)9-4-12(5-9)21-13-2-1-3-14-15(13)18-8-22-14/h1-3,8-12H,4-7,17H2,(H,19,20). The van der Waals surface area contributed by atoms with Crippen LogP contribution in [-0.4, -0.2) is 29.1 Å². The zero-order valence-electron chi connectivity index (χ0n) is 12.2. The number of nitrogens with zero attached hydrogens (tertiary/aromatic N) is 1. The molecule has 1 amide bonds. The molecule has 0 spiro atoms. The first-order valence-corrected chi connectivity index (χ1v) is 8.62. The van der Waals surface area contributed by atoms with E-state index in [0.29, 0.717) is 0 Å². The van der Waals surface area contributed by atoms with Gasteiger partial charge in [-0.25, -0.2) is 4.98 Å². The third-order valence-corrected chi connectivity index (χ3v) is 5.40. The van der Waals surface area contributed by atoms with Gasteiger partial charge in [0, 0.05) is 18.0 Å². The van der Waals surface area contributed by atoms with Gasteiger partial charge < -0.3 is 15.8 Å². The Labute approximate surface area is 132 Å². The van der Waals surface area contributed by atoms with Crippen LogP contribution in [-0.2, 0) is 4.79 Å². The van der Waals surface area contributed by atoms with E-state index in [9.17, 15) is 4.79 Å². The van der Waals surface area contributed by atoms with Gasteiger partial charge in [0.15, 0.2) is 0 Å². The molecule has 1 aromatic carbocycles. The number of fused-ring (bicyclic) bond motifs is 1. The van der Waals surface area contributed by atoms with E-state index in [1.165, 1.54) is 0 Å². The summed E-state index contributed by atoms with van der Waals surface area (Å²) < 4.78 is 7.14. The van der Waals surface area contributed by atoms with Crippen LogP contribution in [0, 0.1) is 5.92 Å². The van der Waals surface area contributed by atoms with Crippen LogP contribution in [0.2, 0.25) is 0 Å². The molecule has 5 nitrogen and oxygen atoms in total. The number of thiazole rings is 1. The lowest BCUT2D eigenvalue weighted by Gasteiger charge is -2.38. The molecule has 2 aromatic rings. The van der Waals surface area contributed by atoms with E-state index in [-0.39, 0.29) is 30.0 Å². The number of amides is 1. The molecule has 0 aliphatic heterocycles. The smallest absolute Gasteiger partial charge is 0.223 e. The highest BCUT2D eigenvalue weighted by atomic mass is 32.1. The maximum absolute atomic E-state index is 12.1. The number of carbonyl (C=O) groups is 1. The second kappa shape index (κ2) is 5.52. The molecule has 4 rings (SSSR count). The van der Waals surface area contributed by atoms with Crippen molar-refractivity contribution in [2.75, 3.05) is 0 Å². The number of rotatable bonds is 4. The average molecular weight is 317 g/mol. The minimum absolute atomic E-state index is 0.0801. The van der Waals surface area contributed by atoms with E-state index >= 15 is 0 Å². The summed E-state index contributed by atoms with van der Waals surface area (Å²) in [5.41, 5.74) is 8.49. The highest BCUT2D eigenvalue weighted by Crippen LogP contribution is 2.35. The number of carbonyl (C=O) groups excluding carboxylic acids is 1. The highest BCUT2D eigenvalue weighted by molar-refractivity contribution is 7.16. The fourth-order valence-electron chi connectivity index (χ4n) is 3.11. The molecular formula is C16H19N3O2S. The third-order valence-electron chi connectivity index (χ3n) is 4.60. The molecule has 2 aliphatic carbocycles. The molecule has 2 saturated carbocycles. The van der Waals surface area contributed by atoms with Gasteiger partial charge in [-0.05, 0) is 37.8 Å². The molecule has 3 N–H and O–H groups in total. The predicted octanol–water partition coefficient (Wildman–Crippen LogP) is 2.06. The van der Waals surface area contributed by atoms with Crippen molar-refractivity contribution in [3.63, 3.8) is 0 Å². The zero-order valence-corrected chi connectivity index (χ0v) is 13.0. The van der Waals surface area contributed by atoms with E-state index in [1.54, 1.807) is 11.3 Å².